The lowest BCUT2D eigenvalue weighted by atomic mass is 9.93. The molecule has 2 aromatic rings. The summed E-state index contributed by atoms with van der Waals surface area (Å²) >= 11 is 0. The largest absolute Gasteiger partial charge is 0.493 e. The Morgan fingerprint density at radius 1 is 1.00 bits per heavy atom. The van der Waals surface area contributed by atoms with Crippen molar-refractivity contribution >= 4 is 0 Å². The lowest BCUT2D eigenvalue weighted by Gasteiger charge is -2.34. The molecule has 2 heterocycles. The standard InChI is InChI=1S/C22H33N5O2/c1-16-11-13-26(14-12-16)21(17-9-10-19(28-2)20(15-17)29-3)22-23-24-25-27(22)18-7-5-4-6-8-18/h9-10,15-16,18,21H,4-8,11-14H2,1-3H3/p+1/t21-/m0/s1. The van der Waals surface area contributed by atoms with E-state index < -0.39 is 0 Å². The molecule has 2 aliphatic rings. The second kappa shape index (κ2) is 9.11. The van der Waals surface area contributed by atoms with Crippen LogP contribution in [0.1, 0.15) is 75.3 Å². The highest BCUT2D eigenvalue weighted by molar-refractivity contribution is 5.44. The van der Waals surface area contributed by atoms with Gasteiger partial charge in [-0.1, -0.05) is 26.2 Å². The number of nitrogens with zero attached hydrogens (tertiary/aromatic N) is 4. The second-order valence-corrected chi connectivity index (χ2v) is 8.66. The van der Waals surface area contributed by atoms with Crippen LogP contribution in [0, 0.1) is 5.92 Å². The van der Waals surface area contributed by atoms with Gasteiger partial charge < -0.3 is 14.4 Å². The van der Waals surface area contributed by atoms with Crippen LogP contribution >= 0.6 is 0 Å². The van der Waals surface area contributed by atoms with Gasteiger partial charge in [-0.05, 0) is 60.2 Å². The summed E-state index contributed by atoms with van der Waals surface area (Å²) in [6, 6.07) is 6.78. The predicted molar refractivity (Wildman–Crippen MR) is 110 cm³/mol. The summed E-state index contributed by atoms with van der Waals surface area (Å²) in [5.74, 6) is 3.30. The number of rotatable bonds is 6. The summed E-state index contributed by atoms with van der Waals surface area (Å²) in [4.78, 5) is 1.54. The fourth-order valence-electron chi connectivity index (χ4n) is 5.00. The molecule has 7 nitrogen and oxygen atoms in total. The van der Waals surface area contributed by atoms with Gasteiger partial charge in [0.05, 0.1) is 33.4 Å². The van der Waals surface area contributed by atoms with E-state index in [0.717, 1.165) is 36.3 Å². The quantitative estimate of drug-likeness (QED) is 0.807. The van der Waals surface area contributed by atoms with Gasteiger partial charge in [-0.3, -0.25) is 0 Å². The first kappa shape index (κ1) is 20.1. The lowest BCUT2D eigenvalue weighted by Crippen LogP contribution is -3.13. The fourth-order valence-corrected chi connectivity index (χ4v) is 5.00. The summed E-state index contributed by atoms with van der Waals surface area (Å²) in [5, 5.41) is 13.2. The average molecular weight is 401 g/mol. The number of aromatic nitrogens is 4. The Balaban J connectivity index is 1.73. The lowest BCUT2D eigenvalue weighted by molar-refractivity contribution is -0.932. The van der Waals surface area contributed by atoms with E-state index >= 15 is 0 Å². The highest BCUT2D eigenvalue weighted by Crippen LogP contribution is 2.33. The number of nitrogens with one attached hydrogen (secondary N) is 1. The molecule has 1 N–H and O–H groups in total. The van der Waals surface area contributed by atoms with Gasteiger partial charge in [0.1, 0.15) is 0 Å². The molecular weight excluding hydrogens is 366 g/mol. The van der Waals surface area contributed by atoms with Gasteiger partial charge in [0, 0.05) is 5.56 Å². The number of ether oxygens (including phenoxy) is 2. The van der Waals surface area contributed by atoms with Crippen LogP contribution in [0.4, 0.5) is 0 Å². The van der Waals surface area contributed by atoms with Crippen LogP contribution in [-0.2, 0) is 0 Å². The molecule has 4 rings (SSSR count). The maximum absolute atomic E-state index is 5.60. The van der Waals surface area contributed by atoms with Crippen molar-refractivity contribution in [1.29, 1.82) is 0 Å². The van der Waals surface area contributed by atoms with Gasteiger partial charge in [0.25, 0.3) is 0 Å². The number of quaternary nitrogens is 1. The Bertz CT molecular complexity index is 794. The van der Waals surface area contributed by atoms with Gasteiger partial charge in [-0.2, -0.15) is 0 Å². The van der Waals surface area contributed by atoms with Crippen molar-refractivity contribution in [2.24, 2.45) is 5.92 Å². The average Bonchev–Trinajstić information content (AvgIpc) is 3.25. The van der Waals surface area contributed by atoms with Crippen LogP contribution in [0.5, 0.6) is 11.5 Å². The molecule has 1 aromatic carbocycles. The Labute approximate surface area is 173 Å². The minimum Gasteiger partial charge on any atom is -0.493 e. The molecule has 0 unspecified atom stereocenters. The van der Waals surface area contributed by atoms with E-state index in [1.165, 1.54) is 50.5 Å². The number of tetrazole rings is 1. The summed E-state index contributed by atoms with van der Waals surface area (Å²) in [6.07, 6.45) is 8.67. The molecular formula is C22H34N5O2+. The van der Waals surface area contributed by atoms with E-state index in [1.54, 1.807) is 19.1 Å². The predicted octanol–water partition coefficient (Wildman–Crippen LogP) is 2.60. The van der Waals surface area contributed by atoms with Crippen molar-refractivity contribution in [3.05, 3.63) is 29.6 Å². The first-order valence-electron chi connectivity index (χ1n) is 11.1. The third-order valence-electron chi connectivity index (χ3n) is 6.76. The Morgan fingerprint density at radius 3 is 2.41 bits per heavy atom. The second-order valence-electron chi connectivity index (χ2n) is 8.66. The monoisotopic (exact) mass is 400 g/mol. The molecule has 2 fully saturated rings. The number of methoxy groups -OCH3 is 2. The van der Waals surface area contributed by atoms with Crippen molar-refractivity contribution in [3.8, 4) is 11.5 Å². The number of benzene rings is 1. The van der Waals surface area contributed by atoms with Crippen molar-refractivity contribution in [3.63, 3.8) is 0 Å². The van der Waals surface area contributed by atoms with Crippen molar-refractivity contribution in [2.75, 3.05) is 27.3 Å². The Kier molecular flexibility index (Phi) is 6.33. The summed E-state index contributed by atoms with van der Waals surface area (Å²) in [5.41, 5.74) is 1.19. The molecule has 0 amide bonds. The van der Waals surface area contributed by atoms with Crippen LogP contribution in [0.15, 0.2) is 18.2 Å². The van der Waals surface area contributed by atoms with Gasteiger partial charge in [0.15, 0.2) is 17.5 Å². The fraction of sp³-hybridized carbons (Fsp3) is 0.682. The topological polar surface area (TPSA) is 66.5 Å². The number of hydrogen-bond acceptors (Lipinski definition) is 5. The zero-order valence-electron chi connectivity index (χ0n) is 17.9. The molecule has 0 radical (unpaired) electrons. The molecule has 1 saturated carbocycles. The van der Waals surface area contributed by atoms with Crippen LogP contribution in [-0.4, -0.2) is 47.5 Å². The summed E-state index contributed by atoms with van der Waals surface area (Å²) in [6.45, 7) is 4.63. The van der Waals surface area contributed by atoms with E-state index in [-0.39, 0.29) is 6.04 Å². The van der Waals surface area contributed by atoms with E-state index in [0.29, 0.717) is 6.04 Å². The Morgan fingerprint density at radius 2 is 1.72 bits per heavy atom. The molecule has 1 aliphatic heterocycles. The van der Waals surface area contributed by atoms with E-state index in [4.69, 9.17) is 9.47 Å². The minimum absolute atomic E-state index is 0.110. The van der Waals surface area contributed by atoms with Gasteiger partial charge in [-0.25, -0.2) is 4.68 Å². The van der Waals surface area contributed by atoms with Crippen LogP contribution in [0.3, 0.4) is 0 Å². The highest BCUT2D eigenvalue weighted by Gasteiger charge is 2.36. The molecule has 29 heavy (non-hydrogen) atoms. The number of piperidine rings is 1. The van der Waals surface area contributed by atoms with Gasteiger partial charge >= 0.3 is 0 Å². The molecule has 1 saturated heterocycles. The third kappa shape index (κ3) is 4.25. The first-order valence-corrected chi connectivity index (χ1v) is 11.1. The number of likely N-dealkylation sites (tertiary alicyclic amines) is 1. The van der Waals surface area contributed by atoms with Crippen molar-refractivity contribution < 1.29 is 14.4 Å². The molecule has 1 atom stereocenters. The SMILES string of the molecule is COc1ccc([C@@H](c2nnnn2C2CCCCC2)[NH+]2CCC(C)CC2)cc1OC. The molecule has 7 heteroatoms. The smallest absolute Gasteiger partial charge is 0.214 e. The molecule has 0 bridgehead atoms. The molecule has 1 aromatic heterocycles. The maximum Gasteiger partial charge on any atom is 0.214 e. The van der Waals surface area contributed by atoms with E-state index in [2.05, 4.69) is 39.3 Å². The molecule has 0 spiro atoms. The highest BCUT2D eigenvalue weighted by atomic mass is 16.5. The van der Waals surface area contributed by atoms with Crippen molar-refractivity contribution in [2.45, 2.75) is 64.0 Å². The van der Waals surface area contributed by atoms with Crippen LogP contribution in [0.25, 0.3) is 0 Å². The first-order chi connectivity index (χ1) is 14.2. The Hall–Kier alpha value is -2.15. The van der Waals surface area contributed by atoms with Gasteiger partial charge in [0.2, 0.25) is 5.82 Å². The van der Waals surface area contributed by atoms with E-state index in [1.807, 2.05) is 6.07 Å². The summed E-state index contributed by atoms with van der Waals surface area (Å²) in [7, 11) is 3.37. The molecule has 158 valence electrons. The third-order valence-corrected chi connectivity index (χ3v) is 6.76. The van der Waals surface area contributed by atoms with Crippen LogP contribution in [0.2, 0.25) is 0 Å². The zero-order chi connectivity index (χ0) is 20.2. The number of hydrogen-bond donors (Lipinski definition) is 1. The van der Waals surface area contributed by atoms with Gasteiger partial charge in [-0.15, -0.1) is 5.10 Å². The minimum atomic E-state index is 0.110. The molecule has 1 aliphatic carbocycles. The zero-order valence-corrected chi connectivity index (χ0v) is 17.9. The maximum atomic E-state index is 5.60. The summed E-state index contributed by atoms with van der Waals surface area (Å²) < 4.78 is 13.2. The van der Waals surface area contributed by atoms with Crippen molar-refractivity contribution in [1.82, 2.24) is 20.2 Å². The normalized spacial score (nSPS) is 24.2. The van der Waals surface area contributed by atoms with Crippen LogP contribution < -0.4 is 14.4 Å². The van der Waals surface area contributed by atoms with E-state index in [9.17, 15) is 0 Å².